The molecule has 2 atom stereocenters. The number of hydrogen-bond donors (Lipinski definition) is 1. The van der Waals surface area contributed by atoms with Gasteiger partial charge in [-0.1, -0.05) is 151 Å². The lowest BCUT2D eigenvalue weighted by molar-refractivity contribution is -0.0472. The van der Waals surface area contributed by atoms with Crippen LogP contribution in [0.4, 0.5) is 0 Å². The van der Waals surface area contributed by atoms with Crippen LogP contribution in [0.1, 0.15) is 121 Å². The van der Waals surface area contributed by atoms with Gasteiger partial charge in [-0.15, -0.1) is 0 Å². The van der Waals surface area contributed by atoms with Crippen molar-refractivity contribution >= 4 is 17.7 Å². The molecule has 0 aromatic heterocycles. The van der Waals surface area contributed by atoms with Crippen molar-refractivity contribution in [3.63, 3.8) is 0 Å². The Morgan fingerprint density at radius 2 is 1.24 bits per heavy atom. The van der Waals surface area contributed by atoms with E-state index >= 15 is 0 Å². The Hall–Kier alpha value is -1.58. The zero-order valence-corrected chi connectivity index (χ0v) is 30.0. The molecule has 1 N–H and O–H groups in total. The van der Waals surface area contributed by atoms with Crippen molar-refractivity contribution in [3.05, 3.63) is 65.7 Å². The standard InChI is InChI=1S/C36H59O8PS/c1-3-4-5-6-7-8-9-10-11-12-13-14-15-16-17-21-28-41-30-35(42-29-34-22-19-18-20-23-34)31-43-45(37,38)32-44-46(39,40)36-26-24-33(2)25-27-36/h18-20,22-27,35H,3-17,21,28-32H2,1-2H3,(H,37,38)/t35-/m0/s1. The molecule has 0 amide bonds. The van der Waals surface area contributed by atoms with Crippen molar-refractivity contribution in [1.29, 1.82) is 0 Å². The van der Waals surface area contributed by atoms with Crippen molar-refractivity contribution in [1.82, 2.24) is 0 Å². The first-order chi connectivity index (χ1) is 22.2. The minimum absolute atomic E-state index is 0.0929. The van der Waals surface area contributed by atoms with Crippen LogP contribution < -0.4 is 0 Å². The second-order valence-electron chi connectivity index (χ2n) is 12.2. The molecule has 0 bridgehead atoms. The Bertz CT molecular complexity index is 1170. The van der Waals surface area contributed by atoms with Crippen molar-refractivity contribution < 1.29 is 36.1 Å². The Kier molecular flexibility index (Phi) is 21.7. The SMILES string of the molecule is CCCCCCCCCCCCCCCCCCOC[C@@H](COP(=O)(O)COS(=O)(=O)c1ccc(C)cc1)OCc1ccccc1. The van der Waals surface area contributed by atoms with E-state index in [4.69, 9.17) is 18.2 Å². The van der Waals surface area contributed by atoms with Crippen LogP contribution in [-0.2, 0) is 39.5 Å². The summed E-state index contributed by atoms with van der Waals surface area (Å²) in [7, 11) is -8.59. The normalized spacial score (nSPS) is 13.9. The molecule has 0 radical (unpaired) electrons. The van der Waals surface area contributed by atoms with Gasteiger partial charge in [0.15, 0.2) is 6.35 Å². The monoisotopic (exact) mass is 682 g/mol. The van der Waals surface area contributed by atoms with Gasteiger partial charge in [0.05, 0.1) is 24.7 Å². The molecular formula is C36H59O8PS. The first-order valence-electron chi connectivity index (χ1n) is 17.4. The number of unbranched alkanes of at least 4 members (excludes halogenated alkanes) is 15. The fraction of sp³-hybridized carbons (Fsp3) is 0.667. The van der Waals surface area contributed by atoms with Gasteiger partial charge in [-0.25, -0.2) is 0 Å². The molecule has 0 heterocycles. The van der Waals surface area contributed by atoms with Gasteiger partial charge in [-0.05, 0) is 31.0 Å². The van der Waals surface area contributed by atoms with Crippen LogP contribution in [0.15, 0.2) is 59.5 Å². The van der Waals surface area contributed by atoms with Crippen molar-refractivity contribution in [3.8, 4) is 0 Å². The lowest BCUT2D eigenvalue weighted by Crippen LogP contribution is -2.26. The second-order valence-corrected chi connectivity index (χ2v) is 15.7. The van der Waals surface area contributed by atoms with E-state index in [1.165, 1.54) is 102 Å². The quantitative estimate of drug-likeness (QED) is 0.0513. The summed E-state index contributed by atoms with van der Waals surface area (Å²) in [6.07, 6.45) is 19.3. The molecule has 0 fully saturated rings. The average Bonchev–Trinajstić information content (AvgIpc) is 3.05. The van der Waals surface area contributed by atoms with Crippen LogP contribution in [0.3, 0.4) is 0 Å². The number of ether oxygens (including phenoxy) is 2. The maximum absolute atomic E-state index is 12.6. The second kappa shape index (κ2) is 24.5. The van der Waals surface area contributed by atoms with Gasteiger partial charge in [0.25, 0.3) is 10.1 Å². The Labute approximate surface area is 279 Å². The fourth-order valence-electron chi connectivity index (χ4n) is 5.05. The van der Waals surface area contributed by atoms with E-state index in [0.29, 0.717) is 6.61 Å². The minimum atomic E-state index is -4.38. The van der Waals surface area contributed by atoms with Gasteiger partial charge < -0.3 is 18.9 Å². The largest absolute Gasteiger partial charge is 0.379 e. The number of aryl methyl sites for hydroxylation is 1. The Balaban J connectivity index is 1.61. The maximum Gasteiger partial charge on any atom is 0.355 e. The van der Waals surface area contributed by atoms with Crippen LogP contribution in [0.2, 0.25) is 0 Å². The Morgan fingerprint density at radius 3 is 1.78 bits per heavy atom. The number of hydrogen-bond acceptors (Lipinski definition) is 7. The van der Waals surface area contributed by atoms with Gasteiger partial charge >= 0.3 is 7.60 Å². The van der Waals surface area contributed by atoms with Crippen LogP contribution >= 0.6 is 7.60 Å². The van der Waals surface area contributed by atoms with Gasteiger partial charge in [-0.2, -0.15) is 8.42 Å². The van der Waals surface area contributed by atoms with E-state index in [-0.39, 0.29) is 24.7 Å². The highest BCUT2D eigenvalue weighted by molar-refractivity contribution is 7.87. The molecule has 8 nitrogen and oxygen atoms in total. The smallest absolute Gasteiger partial charge is 0.355 e. The molecule has 1 unspecified atom stereocenters. The summed E-state index contributed by atoms with van der Waals surface area (Å²) in [4.78, 5) is 10.2. The fourth-order valence-corrected chi connectivity index (χ4v) is 7.21. The summed E-state index contributed by atoms with van der Waals surface area (Å²) in [6.45, 7) is 4.89. The third-order valence-corrected chi connectivity index (χ3v) is 10.4. The van der Waals surface area contributed by atoms with Gasteiger partial charge in [0, 0.05) is 6.61 Å². The van der Waals surface area contributed by atoms with Gasteiger partial charge in [-0.3, -0.25) is 8.75 Å². The zero-order valence-electron chi connectivity index (χ0n) is 28.3. The molecular weight excluding hydrogens is 623 g/mol. The highest BCUT2D eigenvalue weighted by atomic mass is 32.2. The molecule has 0 aliphatic carbocycles. The molecule has 0 saturated heterocycles. The highest BCUT2D eigenvalue weighted by Crippen LogP contribution is 2.42. The van der Waals surface area contributed by atoms with Crippen LogP contribution in [0.25, 0.3) is 0 Å². The number of rotatable bonds is 29. The van der Waals surface area contributed by atoms with Gasteiger partial charge in [0.2, 0.25) is 0 Å². The van der Waals surface area contributed by atoms with Crippen LogP contribution in [0, 0.1) is 6.92 Å². The molecule has 0 spiro atoms. The summed E-state index contributed by atoms with van der Waals surface area (Å²) in [5.74, 6) is 0. The summed E-state index contributed by atoms with van der Waals surface area (Å²) >= 11 is 0. The van der Waals surface area contributed by atoms with E-state index < -0.39 is 30.2 Å². The first kappa shape index (κ1) is 40.6. The predicted octanol–water partition coefficient (Wildman–Crippen LogP) is 9.72. The first-order valence-corrected chi connectivity index (χ1v) is 20.5. The predicted molar refractivity (Wildman–Crippen MR) is 185 cm³/mol. The van der Waals surface area contributed by atoms with E-state index in [9.17, 15) is 17.9 Å². The molecule has 2 rings (SSSR count). The van der Waals surface area contributed by atoms with Crippen molar-refractivity contribution in [2.24, 2.45) is 0 Å². The molecule has 2 aromatic carbocycles. The maximum atomic E-state index is 12.6. The minimum Gasteiger partial charge on any atom is -0.379 e. The van der Waals surface area contributed by atoms with E-state index in [2.05, 4.69) is 6.92 Å². The molecule has 46 heavy (non-hydrogen) atoms. The van der Waals surface area contributed by atoms with Crippen molar-refractivity contribution in [2.75, 3.05) is 26.2 Å². The third-order valence-electron chi connectivity index (χ3n) is 7.92. The summed E-state index contributed by atoms with van der Waals surface area (Å²) in [5.41, 5.74) is 1.83. The molecule has 10 heteroatoms. The van der Waals surface area contributed by atoms with E-state index in [0.717, 1.165) is 24.0 Å². The van der Waals surface area contributed by atoms with Crippen LogP contribution in [0.5, 0.6) is 0 Å². The molecule has 0 aliphatic heterocycles. The van der Waals surface area contributed by atoms with E-state index in [1.54, 1.807) is 12.1 Å². The topological polar surface area (TPSA) is 108 Å². The zero-order chi connectivity index (χ0) is 33.4. The summed E-state index contributed by atoms with van der Waals surface area (Å²) < 4.78 is 59.3. The summed E-state index contributed by atoms with van der Waals surface area (Å²) in [5, 5.41) is 0. The molecule has 2 aromatic rings. The lowest BCUT2D eigenvalue weighted by atomic mass is 10.0. The molecule has 0 saturated carbocycles. The van der Waals surface area contributed by atoms with E-state index in [1.807, 2.05) is 37.3 Å². The lowest BCUT2D eigenvalue weighted by Gasteiger charge is -2.20. The van der Waals surface area contributed by atoms with Crippen LogP contribution in [-0.4, -0.2) is 45.6 Å². The summed E-state index contributed by atoms with van der Waals surface area (Å²) in [6, 6.07) is 15.6. The average molecular weight is 683 g/mol. The van der Waals surface area contributed by atoms with Gasteiger partial charge in [0.1, 0.15) is 6.10 Å². The Morgan fingerprint density at radius 1 is 0.717 bits per heavy atom. The molecule has 0 aliphatic rings. The molecule has 262 valence electrons. The highest BCUT2D eigenvalue weighted by Gasteiger charge is 2.27. The third kappa shape index (κ3) is 19.9. The van der Waals surface area contributed by atoms with Crippen molar-refractivity contribution in [2.45, 2.75) is 134 Å². The number of benzene rings is 2.